The lowest BCUT2D eigenvalue weighted by molar-refractivity contribution is -0.218. The third kappa shape index (κ3) is 4.01. The van der Waals surface area contributed by atoms with Crippen LogP contribution in [0, 0.1) is 50.2 Å². The highest BCUT2D eigenvalue weighted by molar-refractivity contribution is 5.89. The van der Waals surface area contributed by atoms with Crippen LogP contribution in [0.15, 0.2) is 42.0 Å². The van der Waals surface area contributed by atoms with Crippen LogP contribution in [0.3, 0.4) is 0 Å². The van der Waals surface area contributed by atoms with Gasteiger partial charge in [-0.15, -0.1) is 0 Å². The molecule has 0 aromatic heterocycles. The van der Waals surface area contributed by atoms with Crippen LogP contribution in [-0.4, -0.2) is 35.0 Å². The molecular weight excluding hydrogens is 508 g/mol. The van der Waals surface area contributed by atoms with Crippen molar-refractivity contribution in [1.82, 2.24) is 0 Å². The maximum atomic E-state index is 13.3. The highest BCUT2D eigenvalue weighted by atomic mass is 16.5. The Kier molecular flexibility index (Phi) is 6.76. The third-order valence-corrected chi connectivity index (χ3v) is 14.5. The maximum absolute atomic E-state index is 13.3. The van der Waals surface area contributed by atoms with Crippen molar-refractivity contribution in [3.8, 4) is 0 Å². The van der Waals surface area contributed by atoms with E-state index in [0.29, 0.717) is 23.3 Å². The van der Waals surface area contributed by atoms with E-state index in [4.69, 9.17) is 4.74 Å². The van der Waals surface area contributed by atoms with Crippen LogP contribution < -0.4 is 0 Å². The Morgan fingerprint density at radius 3 is 2.27 bits per heavy atom. The lowest BCUT2D eigenvalue weighted by atomic mass is 9.33. The van der Waals surface area contributed by atoms with Crippen molar-refractivity contribution in [3.63, 3.8) is 0 Å². The number of benzene rings is 1. The van der Waals surface area contributed by atoms with Gasteiger partial charge in [-0.1, -0.05) is 78.3 Å². The van der Waals surface area contributed by atoms with Gasteiger partial charge in [-0.3, -0.25) is 0 Å². The Morgan fingerprint density at radius 1 is 0.878 bits per heavy atom. The van der Waals surface area contributed by atoms with E-state index in [1.807, 2.05) is 30.3 Å². The molecule has 226 valence electrons. The van der Waals surface area contributed by atoms with Gasteiger partial charge in [-0.2, -0.15) is 0 Å². The van der Waals surface area contributed by atoms with E-state index in [1.165, 1.54) is 0 Å². The number of rotatable bonds is 3. The maximum Gasteiger partial charge on any atom is 0.338 e. The van der Waals surface area contributed by atoms with Gasteiger partial charge in [0, 0.05) is 10.8 Å². The molecule has 0 amide bonds. The lowest BCUT2D eigenvalue weighted by Crippen LogP contribution is -2.66. The number of hydrogen-bond donors (Lipinski definition) is 2. The molecule has 10 atom stereocenters. The minimum atomic E-state index is -0.423. The van der Waals surface area contributed by atoms with Crippen molar-refractivity contribution in [2.24, 2.45) is 50.2 Å². The molecule has 0 radical (unpaired) electrons. The average molecular weight is 563 g/mol. The molecule has 0 saturated heterocycles. The van der Waals surface area contributed by atoms with Crippen molar-refractivity contribution in [1.29, 1.82) is 0 Å². The summed E-state index contributed by atoms with van der Waals surface area (Å²) in [4.78, 5) is 13.3. The first-order valence-electron chi connectivity index (χ1n) is 16.4. The van der Waals surface area contributed by atoms with Crippen LogP contribution in [0.4, 0.5) is 0 Å². The van der Waals surface area contributed by atoms with Crippen molar-refractivity contribution in [3.05, 3.63) is 47.5 Å². The fourth-order valence-electron chi connectivity index (χ4n) is 11.6. The molecule has 4 fully saturated rings. The van der Waals surface area contributed by atoms with Gasteiger partial charge in [0.05, 0.1) is 18.3 Å². The first-order chi connectivity index (χ1) is 19.1. The Balaban J connectivity index is 1.37. The van der Waals surface area contributed by atoms with Crippen molar-refractivity contribution in [2.45, 2.75) is 118 Å². The minimum Gasteiger partial charge on any atom is -0.458 e. The number of esters is 1. The highest BCUT2D eigenvalue weighted by Crippen LogP contribution is 2.75. The minimum absolute atomic E-state index is 0.0643. The summed E-state index contributed by atoms with van der Waals surface area (Å²) in [6, 6.07) is 9.49. The van der Waals surface area contributed by atoms with E-state index in [-0.39, 0.29) is 45.8 Å². The summed E-state index contributed by atoms with van der Waals surface area (Å²) in [5, 5.41) is 21.6. The quantitative estimate of drug-likeness (QED) is 0.290. The molecule has 4 nitrogen and oxygen atoms in total. The first-order valence-corrected chi connectivity index (χ1v) is 16.4. The van der Waals surface area contributed by atoms with E-state index in [2.05, 4.69) is 54.5 Å². The van der Waals surface area contributed by atoms with Crippen molar-refractivity contribution in [2.75, 3.05) is 6.61 Å². The zero-order valence-electron chi connectivity index (χ0n) is 26.6. The van der Waals surface area contributed by atoms with Gasteiger partial charge >= 0.3 is 5.97 Å². The van der Waals surface area contributed by atoms with E-state index in [9.17, 15) is 15.0 Å². The molecule has 0 heterocycles. The molecule has 4 heteroatoms. The molecule has 0 bridgehead atoms. The second-order valence-corrected chi connectivity index (χ2v) is 16.9. The van der Waals surface area contributed by atoms with Crippen LogP contribution in [0.2, 0.25) is 0 Å². The Bertz CT molecular complexity index is 1220. The van der Waals surface area contributed by atoms with Gasteiger partial charge in [-0.25, -0.2) is 4.79 Å². The summed E-state index contributed by atoms with van der Waals surface area (Å²) in [7, 11) is 0. The van der Waals surface area contributed by atoms with Crippen LogP contribution in [0.1, 0.15) is 117 Å². The van der Waals surface area contributed by atoms with Gasteiger partial charge in [-0.05, 0) is 109 Å². The van der Waals surface area contributed by atoms with E-state index in [1.54, 1.807) is 5.57 Å². The largest absolute Gasteiger partial charge is 0.458 e. The molecule has 1 aromatic carbocycles. The molecule has 4 saturated carbocycles. The topological polar surface area (TPSA) is 66.8 Å². The summed E-state index contributed by atoms with van der Waals surface area (Å²) in [6.45, 7) is 17.0. The summed E-state index contributed by atoms with van der Waals surface area (Å²) >= 11 is 0. The molecular formula is C37H54O4. The van der Waals surface area contributed by atoms with Crippen LogP contribution >= 0.6 is 0 Å². The monoisotopic (exact) mass is 562 g/mol. The Labute approximate surface area is 248 Å². The standard InChI is InChI=1S/C37H54O4/c1-32(2)21-26-25-13-14-28-34(4)17-16-29(39)35(5,23-38)27(34)15-18-37(28,7)36(25,6)20-19-33(26,3)30(22-32)41-31(40)24-11-9-8-10-12-24/h8-13,26-30,38-39H,14-23H2,1-7H3/t26-,27+,28+,29-,30+,33+,34-,35+,36+,37+/m0/s1. The predicted molar refractivity (Wildman–Crippen MR) is 163 cm³/mol. The molecule has 0 unspecified atom stereocenters. The molecule has 5 aliphatic carbocycles. The van der Waals surface area contributed by atoms with Gasteiger partial charge in [0.2, 0.25) is 0 Å². The Hall–Kier alpha value is -1.65. The van der Waals surface area contributed by atoms with E-state index < -0.39 is 11.5 Å². The molecule has 1 aromatic rings. The number of carbonyl (C=O) groups excluding carboxylic acids is 1. The molecule has 2 N–H and O–H groups in total. The van der Waals surface area contributed by atoms with Gasteiger partial charge in [0.15, 0.2) is 0 Å². The number of aliphatic hydroxyl groups is 2. The SMILES string of the molecule is CC1(C)C[C@@H](OC(=O)c2ccccc2)[C@]2(C)CC[C@]3(C)C(=CC[C@@H]4[C@@]5(C)CC[C@H](O)[C@](C)(CO)[C@@H]5CC[C@]43C)[C@@H]2C1. The van der Waals surface area contributed by atoms with Gasteiger partial charge in [0.1, 0.15) is 6.10 Å². The normalized spacial score (nSPS) is 48.5. The number of fused-ring (bicyclic) bond motifs is 7. The molecule has 5 aliphatic rings. The molecule has 0 aliphatic heterocycles. The summed E-state index contributed by atoms with van der Waals surface area (Å²) in [5.41, 5.74) is 2.25. The Morgan fingerprint density at radius 2 is 1.59 bits per heavy atom. The first kappa shape index (κ1) is 29.4. The fourth-order valence-corrected chi connectivity index (χ4v) is 11.6. The molecule has 6 rings (SSSR count). The lowest BCUT2D eigenvalue weighted by Gasteiger charge is -2.71. The van der Waals surface area contributed by atoms with Crippen molar-refractivity contribution < 1.29 is 19.7 Å². The number of allylic oxidation sites excluding steroid dienone is 2. The average Bonchev–Trinajstić information content (AvgIpc) is 2.93. The number of aliphatic hydroxyl groups excluding tert-OH is 2. The number of hydrogen-bond acceptors (Lipinski definition) is 4. The fraction of sp³-hybridized carbons (Fsp3) is 0.757. The summed E-state index contributed by atoms with van der Waals surface area (Å²) in [6.07, 6.45) is 11.5. The predicted octanol–water partition coefficient (Wildman–Crippen LogP) is 7.98. The molecule has 41 heavy (non-hydrogen) atoms. The van der Waals surface area contributed by atoms with Gasteiger partial charge < -0.3 is 14.9 Å². The summed E-state index contributed by atoms with van der Waals surface area (Å²) < 4.78 is 6.45. The van der Waals surface area contributed by atoms with Crippen LogP contribution in [-0.2, 0) is 4.74 Å². The smallest absolute Gasteiger partial charge is 0.338 e. The van der Waals surface area contributed by atoms with Crippen LogP contribution in [0.5, 0.6) is 0 Å². The van der Waals surface area contributed by atoms with E-state index in [0.717, 1.165) is 57.8 Å². The van der Waals surface area contributed by atoms with Gasteiger partial charge in [0.25, 0.3) is 0 Å². The number of carbonyl (C=O) groups is 1. The van der Waals surface area contributed by atoms with Crippen molar-refractivity contribution >= 4 is 5.97 Å². The second-order valence-electron chi connectivity index (χ2n) is 16.9. The second kappa shape index (κ2) is 9.42. The summed E-state index contributed by atoms with van der Waals surface area (Å²) in [5.74, 6) is 1.08. The molecule has 0 spiro atoms. The number of ether oxygens (including phenoxy) is 1. The highest BCUT2D eigenvalue weighted by Gasteiger charge is 2.69. The van der Waals surface area contributed by atoms with E-state index >= 15 is 0 Å². The zero-order valence-corrected chi connectivity index (χ0v) is 26.6. The zero-order chi connectivity index (χ0) is 29.6. The van der Waals surface area contributed by atoms with Crippen LogP contribution in [0.25, 0.3) is 0 Å². The third-order valence-electron chi connectivity index (χ3n) is 14.5.